The molecule has 146 valence electrons. The van der Waals surface area contributed by atoms with Crippen molar-refractivity contribution in [2.75, 3.05) is 39.8 Å². The summed E-state index contributed by atoms with van der Waals surface area (Å²) < 4.78 is 24.2. The Labute approximate surface area is 158 Å². The molecule has 0 radical (unpaired) electrons. The molecule has 1 atom stereocenters. The first-order valence-corrected chi connectivity index (χ1v) is 9.37. The number of piperazine rings is 1. The summed E-state index contributed by atoms with van der Waals surface area (Å²) in [6, 6.07) is 8.20. The van der Waals surface area contributed by atoms with E-state index in [1.54, 1.807) is 25.5 Å². The van der Waals surface area contributed by atoms with Gasteiger partial charge >= 0.3 is 0 Å². The summed E-state index contributed by atoms with van der Waals surface area (Å²) in [5, 5.41) is 2.98. The largest absolute Gasteiger partial charge is 0.496 e. The molecule has 1 aromatic carbocycles. The normalized spacial score (nSPS) is 20.9. The van der Waals surface area contributed by atoms with Crippen LogP contribution in [0, 0.1) is 5.82 Å². The summed E-state index contributed by atoms with van der Waals surface area (Å²) >= 11 is 0. The van der Waals surface area contributed by atoms with Crippen molar-refractivity contribution in [3.8, 4) is 5.75 Å². The highest BCUT2D eigenvalue weighted by Crippen LogP contribution is 2.18. The maximum absolute atomic E-state index is 13.5. The van der Waals surface area contributed by atoms with E-state index in [-0.39, 0.29) is 17.8 Å². The molecule has 0 bridgehead atoms. The third kappa shape index (κ3) is 5.30. The molecule has 0 spiro atoms. The van der Waals surface area contributed by atoms with Crippen LogP contribution in [0.15, 0.2) is 41.0 Å². The van der Waals surface area contributed by atoms with Gasteiger partial charge in [0, 0.05) is 0 Å². The number of amides is 1. The number of benzene rings is 1. The third-order valence-electron chi connectivity index (χ3n) is 5.11. The summed E-state index contributed by atoms with van der Waals surface area (Å²) in [5.74, 6) is 1.28. The second-order valence-electron chi connectivity index (χ2n) is 7.11. The fourth-order valence-electron chi connectivity index (χ4n) is 3.59. The molecule has 27 heavy (non-hydrogen) atoms. The molecule has 1 aromatic heterocycles. The Morgan fingerprint density at radius 3 is 2.67 bits per heavy atom. The van der Waals surface area contributed by atoms with Gasteiger partial charge in [-0.1, -0.05) is 0 Å². The average molecular weight is 377 g/mol. The summed E-state index contributed by atoms with van der Waals surface area (Å²) in [5.41, 5.74) is 0.890. The van der Waals surface area contributed by atoms with E-state index in [0.29, 0.717) is 6.54 Å². The van der Waals surface area contributed by atoms with Crippen LogP contribution in [0.3, 0.4) is 0 Å². The van der Waals surface area contributed by atoms with Gasteiger partial charge in [-0.05, 0) is 37.3 Å². The Balaban J connectivity index is 1.45. The minimum Gasteiger partial charge on any atom is -0.496 e. The molecule has 3 rings (SSSR count). The Morgan fingerprint density at radius 2 is 2.00 bits per heavy atom. The molecule has 6 nitrogen and oxygen atoms in total. The summed E-state index contributed by atoms with van der Waals surface area (Å²) in [7, 11) is 1.61. The Hall–Kier alpha value is -2.38. The topological polar surface area (TPSA) is 60.4 Å². The van der Waals surface area contributed by atoms with Crippen molar-refractivity contribution in [1.82, 2.24) is 5.32 Å². The van der Waals surface area contributed by atoms with Gasteiger partial charge in [0.25, 0.3) is 5.91 Å². The molecule has 2 aromatic rings. The maximum atomic E-state index is 13.5. The number of hydrogen-bond donors (Lipinski definition) is 3. The van der Waals surface area contributed by atoms with E-state index < -0.39 is 0 Å². The smallest absolute Gasteiger partial charge is 0.275 e. The molecule has 0 aliphatic carbocycles. The zero-order valence-corrected chi connectivity index (χ0v) is 15.9. The fourth-order valence-corrected chi connectivity index (χ4v) is 3.59. The number of ether oxygens (including phenoxy) is 1. The molecule has 1 saturated heterocycles. The molecule has 1 aliphatic heterocycles. The van der Waals surface area contributed by atoms with E-state index in [9.17, 15) is 9.18 Å². The summed E-state index contributed by atoms with van der Waals surface area (Å²) in [4.78, 5) is 14.9. The Kier molecular flexibility index (Phi) is 6.47. The van der Waals surface area contributed by atoms with Gasteiger partial charge in [-0.25, -0.2) is 4.39 Å². The fraction of sp³-hybridized carbons (Fsp3) is 0.450. The zero-order valence-electron chi connectivity index (χ0n) is 15.9. The molecule has 3 N–H and O–H groups in total. The predicted molar refractivity (Wildman–Crippen MR) is 98.2 cm³/mol. The quantitative estimate of drug-likeness (QED) is 0.615. The van der Waals surface area contributed by atoms with Crippen LogP contribution in [0.1, 0.15) is 24.3 Å². The van der Waals surface area contributed by atoms with Crippen molar-refractivity contribution in [2.45, 2.75) is 19.5 Å². The number of carbonyl (C=O) groups excluding carboxylic acids is 1. The first-order chi connectivity index (χ1) is 13.0. The van der Waals surface area contributed by atoms with E-state index in [1.807, 2.05) is 19.1 Å². The van der Waals surface area contributed by atoms with Crippen molar-refractivity contribution in [2.24, 2.45) is 0 Å². The van der Waals surface area contributed by atoms with Crippen molar-refractivity contribution in [3.63, 3.8) is 0 Å². The van der Waals surface area contributed by atoms with Crippen molar-refractivity contribution < 1.29 is 28.1 Å². The monoisotopic (exact) mass is 377 g/mol. The molecule has 2 heterocycles. The van der Waals surface area contributed by atoms with Crippen LogP contribution in [0.4, 0.5) is 4.39 Å². The van der Waals surface area contributed by atoms with Crippen LogP contribution in [0.5, 0.6) is 5.75 Å². The number of halogens is 1. The van der Waals surface area contributed by atoms with Crippen LogP contribution in [-0.2, 0) is 11.3 Å². The molecule has 0 saturated carbocycles. The van der Waals surface area contributed by atoms with E-state index in [4.69, 9.17) is 9.15 Å². The number of quaternary nitrogens is 2. The van der Waals surface area contributed by atoms with E-state index in [0.717, 1.165) is 49.8 Å². The van der Waals surface area contributed by atoms with Gasteiger partial charge in [0.05, 0.1) is 25.0 Å². The molecule has 1 aliphatic rings. The highest BCUT2D eigenvalue weighted by atomic mass is 19.1. The maximum Gasteiger partial charge on any atom is 0.275 e. The minimum absolute atomic E-state index is 0.0316. The van der Waals surface area contributed by atoms with E-state index >= 15 is 0 Å². The summed E-state index contributed by atoms with van der Waals surface area (Å²) in [6.07, 6.45) is 1.61. The van der Waals surface area contributed by atoms with Crippen molar-refractivity contribution in [3.05, 3.63) is 53.7 Å². The van der Waals surface area contributed by atoms with Gasteiger partial charge in [-0.2, -0.15) is 0 Å². The lowest BCUT2D eigenvalue weighted by Gasteiger charge is -2.29. The molecule has 0 unspecified atom stereocenters. The second kappa shape index (κ2) is 9.01. The van der Waals surface area contributed by atoms with Crippen molar-refractivity contribution in [1.29, 1.82) is 0 Å². The van der Waals surface area contributed by atoms with Gasteiger partial charge in [0.1, 0.15) is 50.1 Å². The van der Waals surface area contributed by atoms with Crippen LogP contribution in [0.25, 0.3) is 0 Å². The first kappa shape index (κ1) is 19.4. The van der Waals surface area contributed by atoms with Gasteiger partial charge in [-0.15, -0.1) is 0 Å². The van der Waals surface area contributed by atoms with Crippen LogP contribution >= 0.6 is 0 Å². The lowest BCUT2D eigenvalue weighted by Crippen LogP contribution is -3.28. The Bertz CT molecular complexity index is 743. The Morgan fingerprint density at radius 1 is 1.26 bits per heavy atom. The highest BCUT2D eigenvalue weighted by molar-refractivity contribution is 5.77. The lowest BCUT2D eigenvalue weighted by atomic mass is 10.1. The zero-order chi connectivity index (χ0) is 19.2. The van der Waals surface area contributed by atoms with Crippen molar-refractivity contribution >= 4 is 5.91 Å². The lowest BCUT2D eigenvalue weighted by molar-refractivity contribution is -1.02. The van der Waals surface area contributed by atoms with Crippen LogP contribution in [-0.4, -0.2) is 45.7 Å². The standard InChI is InChI=1S/C20H26FN3O3/c1-15(18-4-3-11-27-18)22-20(25)14-24-9-7-23(8-10-24)13-16-12-17(21)5-6-19(16)26-2/h3-6,11-12,15H,7-10,13-14H2,1-2H3,(H,22,25)/p+2/t15-/m0/s1. The van der Waals surface area contributed by atoms with E-state index in [2.05, 4.69) is 5.32 Å². The van der Waals surface area contributed by atoms with Gasteiger partial charge < -0.3 is 24.3 Å². The SMILES string of the molecule is COc1ccc(F)cc1C[NH+]1CC[NH+](CC(=O)N[C@@H](C)c2ccco2)CC1. The molecule has 1 fully saturated rings. The van der Waals surface area contributed by atoms with Gasteiger partial charge in [0.15, 0.2) is 6.54 Å². The predicted octanol–water partition coefficient (Wildman–Crippen LogP) is -0.412. The average Bonchev–Trinajstić information content (AvgIpc) is 3.18. The van der Waals surface area contributed by atoms with Crippen LogP contribution < -0.4 is 19.9 Å². The van der Waals surface area contributed by atoms with Gasteiger partial charge in [-0.3, -0.25) is 4.79 Å². The number of nitrogens with one attached hydrogen (secondary N) is 3. The van der Waals surface area contributed by atoms with Crippen LogP contribution in [0.2, 0.25) is 0 Å². The number of furan rings is 1. The molecular weight excluding hydrogens is 349 g/mol. The third-order valence-corrected chi connectivity index (χ3v) is 5.11. The first-order valence-electron chi connectivity index (χ1n) is 9.37. The van der Waals surface area contributed by atoms with E-state index in [1.165, 1.54) is 15.9 Å². The molecule has 1 amide bonds. The van der Waals surface area contributed by atoms with Gasteiger partial charge in [0.2, 0.25) is 0 Å². The number of methoxy groups -OCH3 is 1. The minimum atomic E-state index is -0.239. The second-order valence-corrected chi connectivity index (χ2v) is 7.11. The number of hydrogen-bond acceptors (Lipinski definition) is 3. The molecule has 7 heteroatoms. The summed E-state index contributed by atoms with van der Waals surface area (Å²) in [6.45, 7) is 6.81. The highest BCUT2D eigenvalue weighted by Gasteiger charge is 2.26. The number of carbonyl (C=O) groups is 1. The number of rotatable bonds is 7. The molecular formula is C20H28FN3O3+2.